The second-order valence-corrected chi connectivity index (χ2v) is 7.79. The molecule has 1 atom stereocenters. The summed E-state index contributed by atoms with van der Waals surface area (Å²) in [6.07, 6.45) is 0. The minimum Gasteiger partial charge on any atom is -0.378 e. The normalized spacial score (nSPS) is 15.0. The molecule has 1 unspecified atom stereocenters. The number of nitrogens with one attached hydrogen (secondary N) is 1. The monoisotopic (exact) mass is 409 g/mol. The molecule has 6 heteroatoms. The van der Waals surface area contributed by atoms with Crippen molar-refractivity contribution < 1.29 is 14.3 Å². The zero-order valence-electron chi connectivity index (χ0n) is 17.8. The molecule has 160 valence electrons. The van der Waals surface area contributed by atoms with Gasteiger partial charge in [-0.05, 0) is 25.0 Å². The van der Waals surface area contributed by atoms with Crippen molar-refractivity contribution in [3.05, 3.63) is 71.8 Å². The maximum atomic E-state index is 13.2. The summed E-state index contributed by atoms with van der Waals surface area (Å²) in [6.45, 7) is 7.06. The Bertz CT molecular complexity index is 805. The van der Waals surface area contributed by atoms with E-state index in [2.05, 4.69) is 5.32 Å². The number of carbonyl (C=O) groups excluding carboxylic acids is 2. The fraction of sp³-hybridized carbons (Fsp3) is 0.417. The maximum absolute atomic E-state index is 13.2. The van der Waals surface area contributed by atoms with Crippen LogP contribution in [0, 0.1) is 0 Å². The number of ether oxygens (including phenoxy) is 1. The number of urea groups is 1. The van der Waals surface area contributed by atoms with E-state index in [0.717, 1.165) is 11.1 Å². The number of benzene rings is 2. The van der Waals surface area contributed by atoms with E-state index in [4.69, 9.17) is 4.74 Å². The van der Waals surface area contributed by atoms with E-state index in [9.17, 15) is 9.59 Å². The highest BCUT2D eigenvalue weighted by atomic mass is 16.5. The van der Waals surface area contributed by atoms with Crippen LogP contribution in [0.3, 0.4) is 0 Å². The molecule has 3 amide bonds. The standard InChI is InChI=1S/C24H31N3O3/c1-19(2)27(18-20-9-5-3-6-10-20)24(29)25-17-22(21-11-7-4-8-12-21)23(28)26-13-15-30-16-14-26/h3-12,19,22H,13-18H2,1-2H3,(H,25,29). The molecule has 1 N–H and O–H groups in total. The topological polar surface area (TPSA) is 61.9 Å². The van der Waals surface area contributed by atoms with Gasteiger partial charge in [-0.15, -0.1) is 0 Å². The molecule has 1 heterocycles. The van der Waals surface area contributed by atoms with Gasteiger partial charge >= 0.3 is 6.03 Å². The van der Waals surface area contributed by atoms with Gasteiger partial charge in [-0.3, -0.25) is 4.79 Å². The van der Waals surface area contributed by atoms with Gasteiger partial charge in [-0.2, -0.15) is 0 Å². The molecule has 0 spiro atoms. The Hall–Kier alpha value is -2.86. The fourth-order valence-corrected chi connectivity index (χ4v) is 3.60. The SMILES string of the molecule is CC(C)N(Cc1ccccc1)C(=O)NCC(C(=O)N1CCOCC1)c1ccccc1. The molecule has 1 aliphatic heterocycles. The van der Waals surface area contributed by atoms with Crippen molar-refractivity contribution in [1.82, 2.24) is 15.1 Å². The lowest BCUT2D eigenvalue weighted by molar-refractivity contribution is -0.136. The Morgan fingerprint density at radius 2 is 1.60 bits per heavy atom. The van der Waals surface area contributed by atoms with Crippen LogP contribution >= 0.6 is 0 Å². The Morgan fingerprint density at radius 3 is 2.20 bits per heavy atom. The third kappa shape index (κ3) is 5.83. The summed E-state index contributed by atoms with van der Waals surface area (Å²) < 4.78 is 5.38. The zero-order valence-corrected chi connectivity index (χ0v) is 17.8. The molecule has 3 rings (SSSR count). The summed E-state index contributed by atoms with van der Waals surface area (Å²) in [6, 6.07) is 19.5. The summed E-state index contributed by atoms with van der Waals surface area (Å²) >= 11 is 0. The number of amides is 3. The maximum Gasteiger partial charge on any atom is 0.317 e. The molecule has 0 aromatic heterocycles. The van der Waals surface area contributed by atoms with E-state index in [-0.39, 0.29) is 24.5 Å². The predicted molar refractivity (Wildman–Crippen MR) is 117 cm³/mol. The van der Waals surface area contributed by atoms with E-state index in [0.29, 0.717) is 32.8 Å². The summed E-state index contributed by atoms with van der Waals surface area (Å²) in [5, 5.41) is 3.01. The van der Waals surface area contributed by atoms with Crippen LogP contribution in [-0.4, -0.2) is 60.6 Å². The van der Waals surface area contributed by atoms with Gasteiger partial charge in [-0.25, -0.2) is 4.79 Å². The van der Waals surface area contributed by atoms with Gasteiger partial charge in [0.15, 0.2) is 0 Å². The smallest absolute Gasteiger partial charge is 0.317 e. The highest BCUT2D eigenvalue weighted by molar-refractivity contribution is 5.85. The van der Waals surface area contributed by atoms with E-state index < -0.39 is 5.92 Å². The molecule has 0 radical (unpaired) electrons. The molecule has 2 aromatic rings. The summed E-state index contributed by atoms with van der Waals surface area (Å²) in [7, 11) is 0. The minimum atomic E-state index is -0.418. The van der Waals surface area contributed by atoms with Crippen LogP contribution in [0.25, 0.3) is 0 Å². The van der Waals surface area contributed by atoms with Crippen LogP contribution in [0.4, 0.5) is 4.79 Å². The fourth-order valence-electron chi connectivity index (χ4n) is 3.60. The van der Waals surface area contributed by atoms with Crippen molar-refractivity contribution >= 4 is 11.9 Å². The van der Waals surface area contributed by atoms with Crippen LogP contribution in [0.2, 0.25) is 0 Å². The molecule has 1 saturated heterocycles. The van der Waals surface area contributed by atoms with Crippen molar-refractivity contribution in [3.8, 4) is 0 Å². The second kappa shape index (κ2) is 10.8. The number of rotatable bonds is 7. The van der Waals surface area contributed by atoms with Crippen molar-refractivity contribution in [2.45, 2.75) is 32.4 Å². The van der Waals surface area contributed by atoms with Crippen LogP contribution in [0.1, 0.15) is 30.9 Å². The van der Waals surface area contributed by atoms with Crippen LogP contribution < -0.4 is 5.32 Å². The third-order valence-electron chi connectivity index (χ3n) is 5.36. The van der Waals surface area contributed by atoms with Gasteiger partial charge in [0.2, 0.25) is 5.91 Å². The molecular weight excluding hydrogens is 378 g/mol. The Labute approximate surface area is 178 Å². The molecule has 2 aromatic carbocycles. The lowest BCUT2D eigenvalue weighted by atomic mass is 9.97. The zero-order chi connectivity index (χ0) is 21.3. The van der Waals surface area contributed by atoms with Crippen LogP contribution in [0.15, 0.2) is 60.7 Å². The first kappa shape index (κ1) is 21.8. The number of hydrogen-bond donors (Lipinski definition) is 1. The largest absolute Gasteiger partial charge is 0.378 e. The number of carbonyl (C=O) groups is 2. The average molecular weight is 410 g/mol. The number of nitrogens with zero attached hydrogens (tertiary/aromatic N) is 2. The Balaban J connectivity index is 1.70. The molecule has 6 nitrogen and oxygen atoms in total. The summed E-state index contributed by atoms with van der Waals surface area (Å²) in [4.78, 5) is 29.8. The molecule has 0 bridgehead atoms. The van der Waals surface area contributed by atoms with Gasteiger partial charge in [0, 0.05) is 32.2 Å². The lowest BCUT2D eigenvalue weighted by Crippen LogP contribution is -2.48. The number of morpholine rings is 1. The molecule has 1 fully saturated rings. The first-order chi connectivity index (χ1) is 14.6. The molecule has 0 saturated carbocycles. The van der Waals surface area contributed by atoms with E-state index >= 15 is 0 Å². The minimum absolute atomic E-state index is 0.0314. The third-order valence-corrected chi connectivity index (χ3v) is 5.36. The lowest BCUT2D eigenvalue weighted by Gasteiger charge is -2.32. The van der Waals surface area contributed by atoms with Gasteiger partial charge < -0.3 is 19.9 Å². The quantitative estimate of drug-likeness (QED) is 0.764. The Kier molecular flexibility index (Phi) is 7.85. The first-order valence-electron chi connectivity index (χ1n) is 10.6. The van der Waals surface area contributed by atoms with Crippen LogP contribution in [0.5, 0.6) is 0 Å². The second-order valence-electron chi connectivity index (χ2n) is 7.79. The van der Waals surface area contributed by atoms with Gasteiger partial charge in [0.25, 0.3) is 0 Å². The van der Waals surface area contributed by atoms with Crippen molar-refractivity contribution in [2.75, 3.05) is 32.8 Å². The predicted octanol–water partition coefficient (Wildman–Crippen LogP) is 3.25. The van der Waals surface area contributed by atoms with Crippen molar-refractivity contribution in [1.29, 1.82) is 0 Å². The highest BCUT2D eigenvalue weighted by Crippen LogP contribution is 2.19. The summed E-state index contributed by atoms with van der Waals surface area (Å²) in [5.41, 5.74) is 1.99. The van der Waals surface area contributed by atoms with Crippen molar-refractivity contribution in [2.24, 2.45) is 0 Å². The van der Waals surface area contributed by atoms with Gasteiger partial charge in [0.05, 0.1) is 19.1 Å². The van der Waals surface area contributed by atoms with E-state index in [1.54, 1.807) is 4.90 Å². The molecule has 30 heavy (non-hydrogen) atoms. The average Bonchev–Trinajstić information content (AvgIpc) is 2.79. The van der Waals surface area contributed by atoms with Crippen molar-refractivity contribution in [3.63, 3.8) is 0 Å². The van der Waals surface area contributed by atoms with Crippen LogP contribution in [-0.2, 0) is 16.1 Å². The van der Waals surface area contributed by atoms with Gasteiger partial charge in [-0.1, -0.05) is 60.7 Å². The molecule has 1 aliphatic rings. The Morgan fingerprint density at radius 1 is 1.00 bits per heavy atom. The molecule has 0 aliphatic carbocycles. The number of hydrogen-bond acceptors (Lipinski definition) is 3. The molecular formula is C24H31N3O3. The van der Waals surface area contributed by atoms with Gasteiger partial charge in [0.1, 0.15) is 0 Å². The van der Waals surface area contributed by atoms with E-state index in [1.165, 1.54) is 0 Å². The highest BCUT2D eigenvalue weighted by Gasteiger charge is 2.28. The summed E-state index contributed by atoms with van der Waals surface area (Å²) in [5.74, 6) is -0.386. The van der Waals surface area contributed by atoms with E-state index in [1.807, 2.05) is 79.4 Å². The first-order valence-corrected chi connectivity index (χ1v) is 10.6.